The van der Waals surface area contributed by atoms with Gasteiger partial charge in [-0.2, -0.15) is 0 Å². The molecule has 1 aromatic rings. The Labute approximate surface area is 244 Å². The van der Waals surface area contributed by atoms with Crippen molar-refractivity contribution in [1.29, 1.82) is 0 Å². The summed E-state index contributed by atoms with van der Waals surface area (Å²) >= 11 is 0. The molecule has 7 N–H and O–H groups in total. The third-order valence-corrected chi connectivity index (χ3v) is 10.9. The van der Waals surface area contributed by atoms with Gasteiger partial charge in [-0.3, -0.25) is 15.5 Å². The molecule has 1 aromatic carbocycles. The van der Waals surface area contributed by atoms with Gasteiger partial charge in [0.25, 0.3) is 0 Å². The Bertz CT molecular complexity index is 1090. The van der Waals surface area contributed by atoms with Crippen LogP contribution in [0.1, 0.15) is 56.9 Å². The highest BCUT2D eigenvalue weighted by atomic mass is 16.6. The molecule has 0 bridgehead atoms. The molecule has 4 aliphatic heterocycles. The molecule has 2 saturated carbocycles. The van der Waals surface area contributed by atoms with Gasteiger partial charge in [0.1, 0.15) is 24.5 Å². The number of nitrogens with zero attached hydrogens (tertiary/aromatic N) is 4. The van der Waals surface area contributed by atoms with Gasteiger partial charge in [0.2, 0.25) is 0 Å². The summed E-state index contributed by atoms with van der Waals surface area (Å²) in [5.41, 5.74) is 10.5. The number of aliphatic hydroxyl groups is 2. The lowest BCUT2D eigenvalue weighted by molar-refractivity contribution is -0.131. The maximum absolute atomic E-state index is 11.0. The molecule has 11 nitrogen and oxygen atoms in total. The SMILES string of the molecule is CCN1CNC(N)C2NCN([C@@H]3O[C@H](CN(C)C4CC(CCC5Nc6ccc(C7CC7)cc6N5C)C4)[C@@H](O)[C@H]3O)C21. The van der Waals surface area contributed by atoms with Gasteiger partial charge in [-0.1, -0.05) is 13.0 Å². The van der Waals surface area contributed by atoms with Crippen LogP contribution in [0.4, 0.5) is 11.4 Å². The van der Waals surface area contributed by atoms with E-state index in [-0.39, 0.29) is 18.4 Å². The number of hydrogen-bond acceptors (Lipinski definition) is 11. The van der Waals surface area contributed by atoms with Crippen LogP contribution in [-0.4, -0.2) is 121 Å². The van der Waals surface area contributed by atoms with Gasteiger partial charge in [-0.15, -0.1) is 0 Å². The predicted molar refractivity (Wildman–Crippen MR) is 159 cm³/mol. The average molecular weight is 571 g/mol. The molecule has 11 heteroatoms. The fourth-order valence-corrected chi connectivity index (χ4v) is 7.97. The van der Waals surface area contributed by atoms with Crippen LogP contribution in [0.2, 0.25) is 0 Å². The van der Waals surface area contributed by atoms with E-state index in [0.717, 1.165) is 24.8 Å². The number of likely N-dealkylation sites (N-methyl/N-ethyl adjacent to an activating group) is 2. The van der Waals surface area contributed by atoms with E-state index in [0.29, 0.717) is 32.1 Å². The first-order valence-electron chi connectivity index (χ1n) is 15.9. The van der Waals surface area contributed by atoms with Crippen LogP contribution in [0.5, 0.6) is 0 Å². The predicted octanol–water partition coefficient (Wildman–Crippen LogP) is 0.414. The standard InChI is InChI=1S/C30H50N8O3/c1-4-37-15-33-28(31)25-29(37)38(16-32-25)30-27(40)26(39)23(41-30)14-35(2)20-11-17(12-20)5-10-24-34-21-9-8-19(18-6-7-18)13-22(21)36(24)3/h8-9,13,17-18,20,23-30,32-34,39-40H,4-7,10-12,14-16,31H2,1-3H3/t17?,20?,23-,24?,25?,26-,27-,28?,29?,30-/m1/s1. The van der Waals surface area contributed by atoms with E-state index in [9.17, 15) is 10.2 Å². The lowest BCUT2D eigenvalue weighted by Crippen LogP contribution is -2.69. The number of anilines is 2. The Morgan fingerprint density at radius 3 is 2.66 bits per heavy atom. The van der Waals surface area contributed by atoms with Gasteiger partial charge < -0.3 is 35.8 Å². The Morgan fingerprint density at radius 2 is 1.90 bits per heavy atom. The van der Waals surface area contributed by atoms with Gasteiger partial charge in [0, 0.05) is 19.6 Å². The molecule has 228 valence electrons. The summed E-state index contributed by atoms with van der Waals surface area (Å²) in [7, 11) is 4.36. The first-order valence-corrected chi connectivity index (χ1v) is 15.9. The lowest BCUT2D eigenvalue weighted by Gasteiger charge is -2.45. The van der Waals surface area contributed by atoms with Crippen LogP contribution in [-0.2, 0) is 4.74 Å². The summed E-state index contributed by atoms with van der Waals surface area (Å²) in [6, 6.07) is 7.51. The van der Waals surface area contributed by atoms with E-state index >= 15 is 0 Å². The fraction of sp³-hybridized carbons (Fsp3) is 0.800. The van der Waals surface area contributed by atoms with Crippen molar-refractivity contribution in [3.63, 3.8) is 0 Å². The molecule has 0 radical (unpaired) electrons. The smallest absolute Gasteiger partial charge is 0.142 e. The highest BCUT2D eigenvalue weighted by Gasteiger charge is 2.53. The second kappa shape index (κ2) is 11.2. The molecule has 6 aliphatic rings. The zero-order chi connectivity index (χ0) is 28.4. The molecule has 3 saturated heterocycles. The number of rotatable bonds is 9. The largest absolute Gasteiger partial charge is 0.387 e. The second-order valence-electron chi connectivity index (χ2n) is 13.5. The number of ether oxygens (including phenoxy) is 1. The molecule has 8 atom stereocenters. The Kier molecular flexibility index (Phi) is 7.71. The number of fused-ring (bicyclic) bond motifs is 2. The zero-order valence-corrected chi connectivity index (χ0v) is 24.8. The van der Waals surface area contributed by atoms with Crippen molar-refractivity contribution in [3.05, 3.63) is 23.8 Å². The molecule has 41 heavy (non-hydrogen) atoms. The van der Waals surface area contributed by atoms with Gasteiger partial charge in [0.05, 0.1) is 49.3 Å². The molecule has 4 unspecified atom stereocenters. The van der Waals surface area contributed by atoms with E-state index < -0.39 is 24.5 Å². The van der Waals surface area contributed by atoms with Gasteiger partial charge in [-0.25, -0.2) is 4.90 Å². The Balaban J connectivity index is 0.880. The van der Waals surface area contributed by atoms with Crippen LogP contribution >= 0.6 is 0 Å². The lowest BCUT2D eigenvalue weighted by atomic mass is 9.76. The minimum absolute atomic E-state index is 0.0217. The van der Waals surface area contributed by atoms with Crippen molar-refractivity contribution >= 4 is 11.4 Å². The van der Waals surface area contributed by atoms with Crippen LogP contribution < -0.4 is 26.6 Å². The Morgan fingerprint density at radius 1 is 1.10 bits per heavy atom. The maximum Gasteiger partial charge on any atom is 0.142 e. The van der Waals surface area contributed by atoms with E-state index in [2.05, 4.69) is 74.8 Å². The van der Waals surface area contributed by atoms with E-state index in [1.54, 1.807) is 0 Å². The van der Waals surface area contributed by atoms with Gasteiger partial charge in [0.15, 0.2) is 0 Å². The summed E-state index contributed by atoms with van der Waals surface area (Å²) < 4.78 is 6.39. The summed E-state index contributed by atoms with van der Waals surface area (Å²) in [5.74, 6) is 1.51. The minimum Gasteiger partial charge on any atom is -0.387 e. The van der Waals surface area contributed by atoms with E-state index in [1.807, 2.05) is 0 Å². The second-order valence-corrected chi connectivity index (χ2v) is 13.5. The van der Waals surface area contributed by atoms with Gasteiger partial charge >= 0.3 is 0 Å². The monoisotopic (exact) mass is 570 g/mol. The molecular weight excluding hydrogens is 520 g/mol. The van der Waals surface area contributed by atoms with Crippen molar-refractivity contribution in [2.24, 2.45) is 11.7 Å². The summed E-state index contributed by atoms with van der Waals surface area (Å²) in [5, 5.41) is 32.6. The molecular formula is C30H50N8O3. The first kappa shape index (κ1) is 28.2. The summed E-state index contributed by atoms with van der Waals surface area (Å²) in [6.45, 7) is 4.87. The molecule has 4 heterocycles. The number of nitrogens with one attached hydrogen (secondary N) is 3. The number of nitrogens with two attached hydrogens (primary N) is 1. The molecule has 0 aromatic heterocycles. The maximum atomic E-state index is 11.0. The molecule has 7 rings (SSSR count). The van der Waals surface area contributed by atoms with Crippen molar-refractivity contribution in [1.82, 2.24) is 25.3 Å². The molecule has 2 aliphatic carbocycles. The van der Waals surface area contributed by atoms with Crippen LogP contribution in [0.25, 0.3) is 0 Å². The van der Waals surface area contributed by atoms with Crippen LogP contribution in [0, 0.1) is 5.92 Å². The topological polar surface area (TPSA) is 125 Å². The summed E-state index contributed by atoms with van der Waals surface area (Å²) in [4.78, 5) is 9.20. The number of hydrogen-bond donors (Lipinski definition) is 6. The van der Waals surface area contributed by atoms with E-state index in [1.165, 1.54) is 49.0 Å². The molecule has 0 spiro atoms. The van der Waals surface area contributed by atoms with Crippen LogP contribution in [0.15, 0.2) is 18.2 Å². The molecule has 0 amide bonds. The van der Waals surface area contributed by atoms with Crippen molar-refractivity contribution in [2.45, 2.75) is 106 Å². The fourth-order valence-electron chi connectivity index (χ4n) is 7.97. The number of benzene rings is 1. The molecule has 5 fully saturated rings. The third kappa shape index (κ3) is 5.17. The quantitative estimate of drug-likeness (QED) is 0.247. The zero-order valence-electron chi connectivity index (χ0n) is 24.8. The number of aliphatic hydroxyl groups excluding tert-OH is 2. The van der Waals surface area contributed by atoms with Gasteiger partial charge in [-0.05, 0) is 81.6 Å². The van der Waals surface area contributed by atoms with E-state index in [4.69, 9.17) is 10.5 Å². The highest BCUT2D eigenvalue weighted by molar-refractivity contribution is 5.76. The third-order valence-electron chi connectivity index (χ3n) is 10.9. The normalized spacial score (nSPS) is 41.0. The van der Waals surface area contributed by atoms with Crippen molar-refractivity contribution in [2.75, 3.05) is 50.7 Å². The first-order chi connectivity index (χ1) is 19.8. The Hall–Kier alpha value is -1.54. The average Bonchev–Trinajstić information content (AvgIpc) is 3.55. The minimum atomic E-state index is -0.951. The van der Waals surface area contributed by atoms with Crippen LogP contribution in [0.3, 0.4) is 0 Å². The summed E-state index contributed by atoms with van der Waals surface area (Å²) in [6.07, 6.45) is 4.79. The van der Waals surface area contributed by atoms with Crippen molar-refractivity contribution < 1.29 is 14.9 Å². The highest BCUT2D eigenvalue weighted by Crippen LogP contribution is 2.45. The van der Waals surface area contributed by atoms with Crippen molar-refractivity contribution in [3.8, 4) is 0 Å².